The van der Waals surface area contributed by atoms with Crippen molar-refractivity contribution in [1.82, 2.24) is 24.7 Å². The number of aromatic amines is 1. The topological polar surface area (TPSA) is 76.5 Å². The third kappa shape index (κ3) is 2.97. The minimum absolute atomic E-state index is 0.0548. The number of Topliss-reactive ketones (excluding diaryl/α,β-unsaturated/α-hetero) is 1. The molecule has 5 aromatic rings. The summed E-state index contributed by atoms with van der Waals surface area (Å²) < 4.78 is 2.14. The standard InChI is InChI=1S/C23H21N5OS/c1-3-14-8-7-10-15-17(12-24-20(14)15)19(29)13-30-23-25-22-21(26-27-23)16-9-5-6-11-18(16)28(22)4-2/h5-12,24H,3-4,13H2,1-2H3. The molecule has 5 rings (SSSR count). The fraction of sp³-hybridized carbons (Fsp3) is 0.217. The highest BCUT2D eigenvalue weighted by Gasteiger charge is 2.17. The van der Waals surface area contributed by atoms with Gasteiger partial charge in [-0.2, -0.15) is 0 Å². The Morgan fingerprint density at radius 2 is 1.90 bits per heavy atom. The lowest BCUT2D eigenvalue weighted by Gasteiger charge is -2.03. The Morgan fingerprint density at radius 3 is 2.73 bits per heavy atom. The molecule has 0 bridgehead atoms. The van der Waals surface area contributed by atoms with E-state index in [9.17, 15) is 4.79 Å². The maximum absolute atomic E-state index is 12.9. The molecule has 0 aliphatic heterocycles. The van der Waals surface area contributed by atoms with Gasteiger partial charge in [-0.15, -0.1) is 10.2 Å². The summed E-state index contributed by atoms with van der Waals surface area (Å²) in [6.45, 7) is 5.00. The van der Waals surface area contributed by atoms with Crippen LogP contribution in [0.2, 0.25) is 0 Å². The Hall–Kier alpha value is -3.19. The highest BCUT2D eigenvalue weighted by Crippen LogP contribution is 2.28. The first-order valence-corrected chi connectivity index (χ1v) is 11.1. The number of para-hydroxylation sites is 2. The second-order valence-corrected chi connectivity index (χ2v) is 8.08. The average molecular weight is 416 g/mol. The number of fused-ring (bicyclic) bond motifs is 4. The number of hydrogen-bond donors (Lipinski definition) is 1. The number of ketones is 1. The monoisotopic (exact) mass is 415 g/mol. The van der Waals surface area contributed by atoms with Crippen LogP contribution in [0.15, 0.2) is 53.8 Å². The van der Waals surface area contributed by atoms with Crippen molar-refractivity contribution in [3.05, 3.63) is 59.8 Å². The summed E-state index contributed by atoms with van der Waals surface area (Å²) in [4.78, 5) is 20.9. The molecule has 30 heavy (non-hydrogen) atoms. The van der Waals surface area contributed by atoms with Crippen LogP contribution >= 0.6 is 11.8 Å². The van der Waals surface area contributed by atoms with E-state index in [4.69, 9.17) is 4.98 Å². The molecular formula is C23H21N5OS. The molecule has 7 heteroatoms. The molecule has 6 nitrogen and oxygen atoms in total. The number of nitrogens with zero attached hydrogens (tertiary/aromatic N) is 4. The van der Waals surface area contributed by atoms with Gasteiger partial charge in [0.1, 0.15) is 5.52 Å². The van der Waals surface area contributed by atoms with Gasteiger partial charge in [0.25, 0.3) is 0 Å². The first-order chi connectivity index (χ1) is 14.7. The molecule has 0 aliphatic rings. The minimum Gasteiger partial charge on any atom is -0.360 e. The second-order valence-electron chi connectivity index (χ2n) is 7.14. The van der Waals surface area contributed by atoms with Gasteiger partial charge in [0.2, 0.25) is 5.16 Å². The number of thioether (sulfide) groups is 1. The summed E-state index contributed by atoms with van der Waals surface area (Å²) in [6.07, 6.45) is 2.73. The molecule has 3 heterocycles. The highest BCUT2D eigenvalue weighted by atomic mass is 32.2. The summed E-state index contributed by atoms with van der Waals surface area (Å²) in [6, 6.07) is 14.2. The molecule has 0 radical (unpaired) electrons. The first-order valence-electron chi connectivity index (χ1n) is 10.1. The fourth-order valence-corrected chi connectivity index (χ4v) is 4.69. The van der Waals surface area contributed by atoms with Crippen LogP contribution in [0.4, 0.5) is 0 Å². The van der Waals surface area contributed by atoms with Crippen molar-refractivity contribution in [3.63, 3.8) is 0 Å². The van der Waals surface area contributed by atoms with Crippen molar-refractivity contribution in [2.24, 2.45) is 0 Å². The van der Waals surface area contributed by atoms with E-state index in [0.717, 1.165) is 45.9 Å². The molecule has 150 valence electrons. The lowest BCUT2D eigenvalue weighted by Crippen LogP contribution is -2.04. The van der Waals surface area contributed by atoms with E-state index in [-0.39, 0.29) is 11.5 Å². The summed E-state index contributed by atoms with van der Waals surface area (Å²) in [5.41, 5.74) is 5.67. The van der Waals surface area contributed by atoms with Gasteiger partial charge < -0.3 is 9.55 Å². The average Bonchev–Trinajstić information content (AvgIpc) is 3.36. The number of H-pyrrole nitrogens is 1. The van der Waals surface area contributed by atoms with Crippen molar-refractivity contribution in [3.8, 4) is 0 Å². The Bertz CT molecular complexity index is 1400. The molecule has 2 aromatic carbocycles. The predicted molar refractivity (Wildman–Crippen MR) is 121 cm³/mol. The van der Waals surface area contributed by atoms with Crippen molar-refractivity contribution in [2.75, 3.05) is 5.75 Å². The SMILES string of the molecule is CCc1cccc2c(C(=O)CSc3nnc4c5ccccc5n(CC)c4n3)c[nH]c12. The molecule has 0 unspecified atom stereocenters. The largest absolute Gasteiger partial charge is 0.360 e. The van der Waals surface area contributed by atoms with Gasteiger partial charge in [0.15, 0.2) is 11.4 Å². The zero-order valence-corrected chi connectivity index (χ0v) is 17.7. The Labute approximate surface area is 177 Å². The van der Waals surface area contributed by atoms with Crippen molar-refractivity contribution in [1.29, 1.82) is 0 Å². The number of benzene rings is 2. The van der Waals surface area contributed by atoms with Crippen LogP contribution < -0.4 is 0 Å². The van der Waals surface area contributed by atoms with E-state index in [1.807, 2.05) is 36.5 Å². The quantitative estimate of drug-likeness (QED) is 0.311. The zero-order valence-electron chi connectivity index (χ0n) is 16.8. The molecule has 3 aromatic heterocycles. The number of hydrogen-bond acceptors (Lipinski definition) is 5. The van der Waals surface area contributed by atoms with Crippen molar-refractivity contribution >= 4 is 50.5 Å². The number of rotatable bonds is 6. The molecule has 0 saturated carbocycles. The Morgan fingerprint density at radius 1 is 1.07 bits per heavy atom. The number of aryl methyl sites for hydroxylation is 2. The van der Waals surface area contributed by atoms with Gasteiger partial charge in [0.05, 0.1) is 11.3 Å². The molecule has 0 amide bonds. The van der Waals surface area contributed by atoms with E-state index < -0.39 is 0 Å². The van der Waals surface area contributed by atoms with Crippen LogP contribution in [0, 0.1) is 0 Å². The van der Waals surface area contributed by atoms with E-state index >= 15 is 0 Å². The molecule has 0 fully saturated rings. The number of carbonyl (C=O) groups is 1. The van der Waals surface area contributed by atoms with E-state index in [1.165, 1.54) is 17.3 Å². The van der Waals surface area contributed by atoms with E-state index in [2.05, 4.69) is 45.7 Å². The van der Waals surface area contributed by atoms with Crippen LogP contribution in [0.3, 0.4) is 0 Å². The number of carbonyl (C=O) groups excluding carboxylic acids is 1. The predicted octanol–water partition coefficient (Wildman–Crippen LogP) is 5.02. The van der Waals surface area contributed by atoms with Crippen LogP contribution in [0.5, 0.6) is 0 Å². The summed E-state index contributed by atoms with van der Waals surface area (Å²) >= 11 is 1.33. The van der Waals surface area contributed by atoms with E-state index in [1.54, 1.807) is 0 Å². The zero-order chi connectivity index (χ0) is 20.7. The summed E-state index contributed by atoms with van der Waals surface area (Å²) in [5, 5.41) is 11.2. The lowest BCUT2D eigenvalue weighted by atomic mass is 10.1. The maximum atomic E-state index is 12.9. The summed E-state index contributed by atoms with van der Waals surface area (Å²) in [5.74, 6) is 0.322. The smallest absolute Gasteiger partial charge is 0.211 e. The molecule has 0 saturated heterocycles. The molecule has 1 N–H and O–H groups in total. The third-order valence-electron chi connectivity index (χ3n) is 5.49. The van der Waals surface area contributed by atoms with Gasteiger partial charge in [-0.3, -0.25) is 4.79 Å². The normalized spacial score (nSPS) is 11.7. The fourth-order valence-electron chi connectivity index (χ4n) is 4.02. The maximum Gasteiger partial charge on any atom is 0.211 e. The van der Waals surface area contributed by atoms with Crippen LogP contribution in [-0.4, -0.2) is 36.3 Å². The van der Waals surface area contributed by atoms with Crippen LogP contribution in [0.1, 0.15) is 29.8 Å². The minimum atomic E-state index is 0.0548. The van der Waals surface area contributed by atoms with Crippen LogP contribution in [0.25, 0.3) is 33.0 Å². The Kier molecular flexibility index (Phi) is 4.75. The van der Waals surface area contributed by atoms with Gasteiger partial charge >= 0.3 is 0 Å². The molecule has 0 atom stereocenters. The molecular weight excluding hydrogens is 394 g/mol. The highest BCUT2D eigenvalue weighted by molar-refractivity contribution is 7.99. The third-order valence-corrected chi connectivity index (χ3v) is 6.32. The Balaban J connectivity index is 1.44. The van der Waals surface area contributed by atoms with Gasteiger partial charge in [-0.25, -0.2) is 4.98 Å². The van der Waals surface area contributed by atoms with Crippen molar-refractivity contribution < 1.29 is 4.79 Å². The van der Waals surface area contributed by atoms with Crippen LogP contribution in [-0.2, 0) is 13.0 Å². The van der Waals surface area contributed by atoms with E-state index in [0.29, 0.717) is 10.7 Å². The first kappa shape index (κ1) is 18.8. The van der Waals surface area contributed by atoms with Gasteiger partial charge in [-0.05, 0) is 25.0 Å². The second kappa shape index (κ2) is 7.57. The molecule has 0 aliphatic carbocycles. The van der Waals surface area contributed by atoms with Crippen molar-refractivity contribution in [2.45, 2.75) is 32.0 Å². The lowest BCUT2D eigenvalue weighted by molar-refractivity contribution is 0.102. The number of aromatic nitrogens is 5. The summed E-state index contributed by atoms with van der Waals surface area (Å²) in [7, 11) is 0. The molecule has 0 spiro atoms. The van der Waals surface area contributed by atoms with Gasteiger partial charge in [-0.1, -0.05) is 55.1 Å². The van der Waals surface area contributed by atoms with Gasteiger partial charge in [0, 0.05) is 34.6 Å². The number of nitrogens with one attached hydrogen (secondary N) is 1.